The number of rotatable bonds is 10. The van der Waals surface area contributed by atoms with E-state index >= 15 is 0 Å². The van der Waals surface area contributed by atoms with Crippen LogP contribution in [0.1, 0.15) is 40.5 Å². The first kappa shape index (κ1) is 17.9. The van der Waals surface area contributed by atoms with Gasteiger partial charge in [-0.15, -0.1) is 0 Å². The van der Waals surface area contributed by atoms with Gasteiger partial charge in [0.2, 0.25) is 0 Å². The van der Waals surface area contributed by atoms with E-state index in [4.69, 9.17) is 5.73 Å². The van der Waals surface area contributed by atoms with Crippen molar-refractivity contribution in [1.29, 1.82) is 0 Å². The minimum atomic E-state index is -0.0802. The van der Waals surface area contributed by atoms with Crippen LogP contribution in [0.4, 0.5) is 0 Å². The molecule has 0 aliphatic rings. The number of hydrogen-bond donors (Lipinski definition) is 4. The number of hydrogen-bond acceptors (Lipinski definition) is 4. The van der Waals surface area contributed by atoms with Crippen LogP contribution in [0.15, 0.2) is 11.8 Å². The maximum absolute atomic E-state index is 12.0. The fourth-order valence-corrected chi connectivity index (χ4v) is 1.66. The molecule has 0 saturated carbocycles. The van der Waals surface area contributed by atoms with Crippen LogP contribution in [0.2, 0.25) is 0 Å². The zero-order valence-electron chi connectivity index (χ0n) is 12.8. The highest BCUT2D eigenvalue weighted by molar-refractivity contribution is 5.92. The molecule has 0 radical (unpaired) electrons. The van der Waals surface area contributed by atoms with E-state index in [-0.39, 0.29) is 11.9 Å². The fraction of sp³-hybridized carbons (Fsp3) is 0.786. The average molecular weight is 270 g/mol. The molecule has 0 fully saturated rings. The van der Waals surface area contributed by atoms with Crippen molar-refractivity contribution in [2.45, 2.75) is 52.6 Å². The normalized spacial score (nSPS) is 14.9. The molecule has 0 aliphatic heterocycles. The predicted octanol–water partition coefficient (Wildman–Crippen LogP) is 0.721. The Labute approximate surface area is 117 Å². The molecule has 0 aromatic carbocycles. The maximum atomic E-state index is 12.0. The topological polar surface area (TPSA) is 79.2 Å². The summed E-state index contributed by atoms with van der Waals surface area (Å²) in [7, 11) is 0. The molecule has 0 saturated heterocycles. The molecule has 2 unspecified atom stereocenters. The third kappa shape index (κ3) is 7.85. The quantitative estimate of drug-likeness (QED) is 0.441. The Morgan fingerprint density at radius 2 is 2.05 bits per heavy atom. The van der Waals surface area contributed by atoms with Crippen molar-refractivity contribution in [2.75, 3.05) is 19.6 Å². The summed E-state index contributed by atoms with van der Waals surface area (Å²) in [5, 5.41) is 9.40. The number of nitrogens with one attached hydrogen (secondary N) is 3. The number of amides is 1. The SMILES string of the molecule is C/C=C(\NCC)C(=O)NC(CN)CCNC(C)CC. The van der Waals surface area contributed by atoms with E-state index in [2.05, 4.69) is 29.8 Å². The summed E-state index contributed by atoms with van der Waals surface area (Å²) < 4.78 is 0. The summed E-state index contributed by atoms with van der Waals surface area (Å²) in [4.78, 5) is 12.0. The van der Waals surface area contributed by atoms with Crippen LogP contribution in [0.3, 0.4) is 0 Å². The van der Waals surface area contributed by atoms with Gasteiger partial charge in [-0.3, -0.25) is 4.79 Å². The van der Waals surface area contributed by atoms with E-state index in [0.29, 0.717) is 18.3 Å². The molecule has 2 atom stereocenters. The van der Waals surface area contributed by atoms with Gasteiger partial charge in [0.05, 0.1) is 5.70 Å². The lowest BCUT2D eigenvalue weighted by Crippen LogP contribution is -2.44. The second-order valence-electron chi connectivity index (χ2n) is 4.69. The number of likely N-dealkylation sites (N-methyl/N-ethyl adjacent to an activating group) is 1. The van der Waals surface area contributed by atoms with Gasteiger partial charge in [0.25, 0.3) is 5.91 Å². The van der Waals surface area contributed by atoms with Crippen LogP contribution in [0.25, 0.3) is 0 Å². The van der Waals surface area contributed by atoms with E-state index in [1.807, 2.05) is 13.8 Å². The average Bonchev–Trinajstić information content (AvgIpc) is 2.42. The van der Waals surface area contributed by atoms with Crippen molar-refractivity contribution in [3.8, 4) is 0 Å². The first-order valence-electron chi connectivity index (χ1n) is 7.23. The Bertz CT molecular complexity index is 279. The van der Waals surface area contributed by atoms with E-state index in [1.54, 1.807) is 6.08 Å². The Balaban J connectivity index is 4.13. The fourth-order valence-electron chi connectivity index (χ4n) is 1.66. The highest BCUT2D eigenvalue weighted by atomic mass is 16.2. The molecule has 19 heavy (non-hydrogen) atoms. The summed E-state index contributed by atoms with van der Waals surface area (Å²) >= 11 is 0. The smallest absolute Gasteiger partial charge is 0.267 e. The van der Waals surface area contributed by atoms with Crippen LogP contribution < -0.4 is 21.7 Å². The van der Waals surface area contributed by atoms with Gasteiger partial charge in [-0.25, -0.2) is 0 Å². The molecule has 0 aliphatic carbocycles. The summed E-state index contributed by atoms with van der Waals surface area (Å²) in [6.45, 7) is 10.2. The zero-order valence-corrected chi connectivity index (χ0v) is 12.8. The minimum Gasteiger partial charge on any atom is -0.381 e. The summed E-state index contributed by atoms with van der Waals surface area (Å²) in [6.07, 6.45) is 3.72. The lowest BCUT2D eigenvalue weighted by Gasteiger charge is -2.20. The van der Waals surface area contributed by atoms with Crippen LogP contribution in [0.5, 0.6) is 0 Å². The third-order valence-electron chi connectivity index (χ3n) is 3.12. The lowest BCUT2D eigenvalue weighted by molar-refractivity contribution is -0.118. The summed E-state index contributed by atoms with van der Waals surface area (Å²) in [5.74, 6) is -0.0802. The Kier molecular flexibility index (Phi) is 10.2. The lowest BCUT2D eigenvalue weighted by atomic mass is 10.2. The maximum Gasteiger partial charge on any atom is 0.267 e. The number of allylic oxidation sites excluding steroid dienone is 1. The van der Waals surface area contributed by atoms with Crippen LogP contribution in [-0.2, 0) is 4.79 Å². The standard InChI is InChI=1S/C14H30N4O/c1-5-11(4)17-9-8-12(10-15)18-14(19)13(6-2)16-7-3/h6,11-12,16-17H,5,7-10,15H2,1-4H3,(H,18,19)/b13-6-. The number of carbonyl (C=O) groups excluding carboxylic acids is 1. The molecule has 5 heteroatoms. The van der Waals surface area contributed by atoms with Crippen molar-refractivity contribution in [3.05, 3.63) is 11.8 Å². The Morgan fingerprint density at radius 1 is 1.37 bits per heavy atom. The van der Waals surface area contributed by atoms with Gasteiger partial charge in [-0.2, -0.15) is 0 Å². The first-order valence-corrected chi connectivity index (χ1v) is 7.23. The molecule has 5 N–H and O–H groups in total. The molecule has 112 valence electrons. The number of carbonyl (C=O) groups is 1. The van der Waals surface area contributed by atoms with E-state index in [0.717, 1.165) is 25.9 Å². The van der Waals surface area contributed by atoms with Crippen molar-refractivity contribution >= 4 is 5.91 Å². The number of nitrogens with two attached hydrogens (primary N) is 1. The van der Waals surface area contributed by atoms with Crippen LogP contribution in [0, 0.1) is 0 Å². The van der Waals surface area contributed by atoms with Gasteiger partial charge >= 0.3 is 0 Å². The Hall–Kier alpha value is -1.07. The molecular weight excluding hydrogens is 240 g/mol. The van der Waals surface area contributed by atoms with Crippen molar-refractivity contribution < 1.29 is 4.79 Å². The molecule has 0 aromatic heterocycles. The van der Waals surface area contributed by atoms with Crippen molar-refractivity contribution in [1.82, 2.24) is 16.0 Å². The van der Waals surface area contributed by atoms with Crippen molar-refractivity contribution in [3.63, 3.8) is 0 Å². The van der Waals surface area contributed by atoms with Gasteiger partial charge in [0, 0.05) is 25.2 Å². The van der Waals surface area contributed by atoms with Gasteiger partial charge < -0.3 is 21.7 Å². The Morgan fingerprint density at radius 3 is 2.53 bits per heavy atom. The predicted molar refractivity (Wildman–Crippen MR) is 80.8 cm³/mol. The molecule has 0 spiro atoms. The second-order valence-corrected chi connectivity index (χ2v) is 4.69. The molecule has 0 bridgehead atoms. The van der Waals surface area contributed by atoms with E-state index in [1.165, 1.54) is 0 Å². The molecule has 1 amide bonds. The molecule has 5 nitrogen and oxygen atoms in total. The second kappa shape index (κ2) is 10.8. The van der Waals surface area contributed by atoms with Gasteiger partial charge in [0.15, 0.2) is 0 Å². The summed E-state index contributed by atoms with van der Waals surface area (Å²) in [5.41, 5.74) is 6.31. The monoisotopic (exact) mass is 270 g/mol. The highest BCUT2D eigenvalue weighted by Gasteiger charge is 2.13. The first-order chi connectivity index (χ1) is 9.08. The molecular formula is C14H30N4O. The molecule has 0 aromatic rings. The van der Waals surface area contributed by atoms with Crippen molar-refractivity contribution in [2.24, 2.45) is 5.73 Å². The third-order valence-corrected chi connectivity index (χ3v) is 3.12. The zero-order chi connectivity index (χ0) is 14.7. The summed E-state index contributed by atoms with van der Waals surface area (Å²) in [6, 6.07) is 0.514. The van der Waals surface area contributed by atoms with E-state index in [9.17, 15) is 4.79 Å². The van der Waals surface area contributed by atoms with Crippen LogP contribution >= 0.6 is 0 Å². The molecule has 0 rings (SSSR count). The van der Waals surface area contributed by atoms with E-state index < -0.39 is 0 Å². The van der Waals surface area contributed by atoms with Crippen LogP contribution in [-0.4, -0.2) is 37.6 Å². The highest BCUT2D eigenvalue weighted by Crippen LogP contribution is 1.95. The van der Waals surface area contributed by atoms with Gasteiger partial charge in [-0.1, -0.05) is 13.0 Å². The largest absolute Gasteiger partial charge is 0.381 e. The molecule has 0 heterocycles. The van der Waals surface area contributed by atoms with Gasteiger partial charge in [-0.05, 0) is 40.2 Å². The van der Waals surface area contributed by atoms with Gasteiger partial charge in [0.1, 0.15) is 0 Å². The minimum absolute atomic E-state index is 0.0117.